The molecule has 0 unspecified atom stereocenters. The van der Waals surface area contributed by atoms with E-state index in [1.807, 2.05) is 38.1 Å². The van der Waals surface area contributed by atoms with Crippen molar-refractivity contribution in [3.8, 4) is 17.3 Å². The molecule has 0 N–H and O–H groups in total. The quantitative estimate of drug-likeness (QED) is 0.681. The zero-order valence-corrected chi connectivity index (χ0v) is 13.8. The Morgan fingerprint density at radius 3 is 2.58 bits per heavy atom. The molecule has 3 aromatic rings. The number of hydrogen-bond acceptors (Lipinski definition) is 3. The van der Waals surface area contributed by atoms with Gasteiger partial charge in [-0.25, -0.2) is 9.37 Å². The van der Waals surface area contributed by atoms with Crippen LogP contribution in [0.1, 0.15) is 23.7 Å². The van der Waals surface area contributed by atoms with Crippen molar-refractivity contribution in [1.82, 2.24) is 9.97 Å². The summed E-state index contributed by atoms with van der Waals surface area (Å²) < 4.78 is 19.3. The van der Waals surface area contributed by atoms with Gasteiger partial charge in [0.05, 0.1) is 0 Å². The minimum absolute atomic E-state index is 0.305. The minimum Gasteiger partial charge on any atom is -0.473 e. The van der Waals surface area contributed by atoms with Gasteiger partial charge in [-0.05, 0) is 31.0 Å². The Morgan fingerprint density at radius 1 is 1.00 bits per heavy atom. The Balaban J connectivity index is 1.86. The smallest absolute Gasteiger partial charge is 0.217 e. The third-order valence-electron chi connectivity index (χ3n) is 3.67. The van der Waals surface area contributed by atoms with Crippen LogP contribution in [0.15, 0.2) is 54.6 Å². The molecule has 0 spiro atoms. The lowest BCUT2D eigenvalue weighted by Crippen LogP contribution is -2.02. The molecule has 2 aromatic carbocycles. The topological polar surface area (TPSA) is 35.0 Å². The lowest BCUT2D eigenvalue weighted by Gasteiger charge is -2.09. The van der Waals surface area contributed by atoms with Crippen LogP contribution in [0, 0.1) is 12.7 Å². The Morgan fingerprint density at radius 2 is 1.83 bits per heavy atom. The molecule has 0 amide bonds. The maximum atomic E-state index is 13.5. The third kappa shape index (κ3) is 3.96. The Bertz CT molecular complexity index is 849. The number of rotatable bonds is 5. The van der Waals surface area contributed by atoms with Crippen LogP contribution in [0.3, 0.4) is 0 Å². The second-order valence-corrected chi connectivity index (χ2v) is 5.66. The molecule has 3 nitrogen and oxygen atoms in total. The summed E-state index contributed by atoms with van der Waals surface area (Å²) in [6.45, 7) is 4.50. The van der Waals surface area contributed by atoms with Crippen LogP contribution in [0.4, 0.5) is 4.39 Å². The van der Waals surface area contributed by atoms with Gasteiger partial charge in [-0.15, -0.1) is 0 Å². The van der Waals surface area contributed by atoms with Crippen molar-refractivity contribution in [2.45, 2.75) is 26.9 Å². The molecule has 0 fully saturated rings. The van der Waals surface area contributed by atoms with Gasteiger partial charge in [0.15, 0.2) is 5.82 Å². The van der Waals surface area contributed by atoms with E-state index in [0.717, 1.165) is 17.7 Å². The highest BCUT2D eigenvalue weighted by Crippen LogP contribution is 2.21. The highest BCUT2D eigenvalue weighted by molar-refractivity contribution is 5.55. The summed E-state index contributed by atoms with van der Waals surface area (Å²) in [5.74, 6) is 0.677. The van der Waals surface area contributed by atoms with E-state index in [9.17, 15) is 4.39 Å². The maximum absolute atomic E-state index is 13.5. The first-order chi connectivity index (χ1) is 11.6. The normalized spacial score (nSPS) is 10.6. The third-order valence-corrected chi connectivity index (χ3v) is 3.67. The summed E-state index contributed by atoms with van der Waals surface area (Å²) >= 11 is 0. The summed E-state index contributed by atoms with van der Waals surface area (Å²) in [6.07, 6.45) is 0.756. The van der Waals surface area contributed by atoms with Crippen LogP contribution in [0.2, 0.25) is 0 Å². The summed E-state index contributed by atoms with van der Waals surface area (Å²) in [7, 11) is 0. The average Bonchev–Trinajstić information content (AvgIpc) is 2.60. The first-order valence-electron chi connectivity index (χ1n) is 7.96. The fourth-order valence-electron chi connectivity index (χ4n) is 2.44. The van der Waals surface area contributed by atoms with Crippen LogP contribution < -0.4 is 4.74 Å². The first kappa shape index (κ1) is 16.1. The Labute approximate surface area is 141 Å². The molecule has 0 aliphatic carbocycles. The van der Waals surface area contributed by atoms with Crippen molar-refractivity contribution >= 4 is 0 Å². The minimum atomic E-state index is -0.305. The fourth-order valence-corrected chi connectivity index (χ4v) is 2.44. The zero-order valence-electron chi connectivity index (χ0n) is 13.8. The summed E-state index contributed by atoms with van der Waals surface area (Å²) in [5.41, 5.74) is 3.78. The molecule has 0 radical (unpaired) electrons. The van der Waals surface area contributed by atoms with E-state index in [2.05, 4.69) is 16.0 Å². The van der Waals surface area contributed by atoms with Gasteiger partial charge in [0, 0.05) is 17.3 Å². The van der Waals surface area contributed by atoms with E-state index < -0.39 is 0 Å². The number of nitrogens with zero attached hydrogens (tertiary/aromatic N) is 2. The molecule has 0 saturated heterocycles. The van der Waals surface area contributed by atoms with Crippen molar-refractivity contribution < 1.29 is 9.13 Å². The fraction of sp³-hybridized carbons (Fsp3) is 0.200. The van der Waals surface area contributed by atoms with Crippen LogP contribution >= 0.6 is 0 Å². The Kier molecular flexibility index (Phi) is 4.85. The first-order valence-corrected chi connectivity index (χ1v) is 7.96. The molecule has 1 aromatic heterocycles. The summed E-state index contributed by atoms with van der Waals surface area (Å²) in [4.78, 5) is 8.90. The largest absolute Gasteiger partial charge is 0.473 e. The van der Waals surface area contributed by atoms with Crippen LogP contribution in [0.5, 0.6) is 5.88 Å². The van der Waals surface area contributed by atoms with Gasteiger partial charge < -0.3 is 4.74 Å². The van der Waals surface area contributed by atoms with E-state index in [1.54, 1.807) is 12.1 Å². The molecule has 1 heterocycles. The molecule has 0 atom stereocenters. The zero-order chi connectivity index (χ0) is 16.9. The molecular weight excluding hydrogens is 303 g/mol. The van der Waals surface area contributed by atoms with Gasteiger partial charge in [-0.3, -0.25) is 0 Å². The second kappa shape index (κ2) is 7.21. The highest BCUT2D eigenvalue weighted by atomic mass is 19.1. The molecule has 0 saturated carbocycles. The predicted molar refractivity (Wildman–Crippen MR) is 92.3 cm³/mol. The molecule has 0 bridgehead atoms. The summed E-state index contributed by atoms with van der Waals surface area (Å²) in [6, 6.07) is 16.3. The standard InChI is InChI=1S/C20H19FN2O/c1-3-18-12-19(24-13-15-7-4-6-14(2)10-15)23-20(22-18)16-8-5-9-17(21)11-16/h4-12H,3,13H2,1-2H3. The number of hydrogen-bond donors (Lipinski definition) is 0. The molecule has 24 heavy (non-hydrogen) atoms. The van der Waals surface area contributed by atoms with Crippen molar-refractivity contribution in [2.75, 3.05) is 0 Å². The molecule has 0 aliphatic heterocycles. The average molecular weight is 322 g/mol. The number of ether oxygens (including phenoxy) is 1. The number of halogens is 1. The van der Waals surface area contributed by atoms with Gasteiger partial charge in [0.1, 0.15) is 12.4 Å². The van der Waals surface area contributed by atoms with E-state index in [-0.39, 0.29) is 5.82 Å². The lowest BCUT2D eigenvalue weighted by molar-refractivity contribution is 0.293. The number of benzene rings is 2. The monoisotopic (exact) mass is 322 g/mol. The van der Waals surface area contributed by atoms with Gasteiger partial charge >= 0.3 is 0 Å². The van der Waals surface area contributed by atoms with Crippen molar-refractivity contribution in [1.29, 1.82) is 0 Å². The Hall–Kier alpha value is -2.75. The van der Waals surface area contributed by atoms with Crippen LogP contribution in [-0.4, -0.2) is 9.97 Å². The maximum Gasteiger partial charge on any atom is 0.217 e. The SMILES string of the molecule is CCc1cc(OCc2cccc(C)c2)nc(-c2cccc(F)c2)n1. The molecule has 3 rings (SSSR count). The lowest BCUT2D eigenvalue weighted by atomic mass is 10.1. The van der Waals surface area contributed by atoms with E-state index in [0.29, 0.717) is 23.9 Å². The van der Waals surface area contributed by atoms with Crippen molar-refractivity contribution in [3.63, 3.8) is 0 Å². The van der Waals surface area contributed by atoms with E-state index in [4.69, 9.17) is 4.74 Å². The van der Waals surface area contributed by atoms with E-state index >= 15 is 0 Å². The summed E-state index contributed by atoms with van der Waals surface area (Å²) in [5, 5.41) is 0. The van der Waals surface area contributed by atoms with Crippen molar-refractivity contribution in [3.05, 3.63) is 77.2 Å². The second-order valence-electron chi connectivity index (χ2n) is 5.66. The predicted octanol–water partition coefficient (Wildman–Crippen LogP) is 4.73. The molecule has 4 heteroatoms. The van der Waals surface area contributed by atoms with Gasteiger partial charge in [0.25, 0.3) is 0 Å². The molecular formula is C20H19FN2O. The van der Waals surface area contributed by atoms with Gasteiger partial charge in [0.2, 0.25) is 5.88 Å². The van der Waals surface area contributed by atoms with E-state index in [1.165, 1.54) is 17.7 Å². The van der Waals surface area contributed by atoms with Crippen LogP contribution in [-0.2, 0) is 13.0 Å². The number of aromatic nitrogens is 2. The molecule has 0 aliphatic rings. The molecule has 122 valence electrons. The van der Waals surface area contributed by atoms with Crippen LogP contribution in [0.25, 0.3) is 11.4 Å². The van der Waals surface area contributed by atoms with Crippen molar-refractivity contribution in [2.24, 2.45) is 0 Å². The highest BCUT2D eigenvalue weighted by Gasteiger charge is 2.08. The van der Waals surface area contributed by atoms with Gasteiger partial charge in [-0.2, -0.15) is 4.98 Å². The van der Waals surface area contributed by atoms with Gasteiger partial charge in [-0.1, -0.05) is 48.9 Å². The number of aryl methyl sites for hydroxylation is 2.